The molecule has 0 amide bonds. The molecule has 0 fully saturated rings. The molecule has 3 aromatic carbocycles. The van der Waals surface area contributed by atoms with E-state index in [1.54, 1.807) is 0 Å². The molecule has 0 aromatic heterocycles. The van der Waals surface area contributed by atoms with Crippen molar-refractivity contribution in [3.63, 3.8) is 0 Å². The van der Waals surface area contributed by atoms with Gasteiger partial charge in [0.25, 0.3) is 0 Å². The summed E-state index contributed by atoms with van der Waals surface area (Å²) < 4.78 is 0. The average Bonchev–Trinajstić information content (AvgIpc) is 2.63. The number of nitrogens with two attached hydrogens (primary N) is 1. The second-order valence-electron chi connectivity index (χ2n) is 7.68. The van der Waals surface area contributed by atoms with Gasteiger partial charge in [-0.15, -0.1) is 0 Å². The fraction of sp³-hybridized carbons (Fsp3) is 0.280. The smallest absolute Gasteiger partial charge is 0.0356 e. The first-order valence-electron chi connectivity index (χ1n) is 9.53. The number of hydrogen-bond acceptors (Lipinski definition) is 1. The fourth-order valence-corrected chi connectivity index (χ4v) is 3.67. The SMILES string of the molecule is CC(C)c1cccc(C(C)C)c1Cc1ccc(-c2ccccc2)cc1N. The van der Waals surface area contributed by atoms with Gasteiger partial charge in [0.2, 0.25) is 0 Å². The van der Waals surface area contributed by atoms with Gasteiger partial charge in [0.15, 0.2) is 0 Å². The van der Waals surface area contributed by atoms with Crippen LogP contribution in [0, 0.1) is 0 Å². The van der Waals surface area contributed by atoms with Crippen molar-refractivity contribution in [3.8, 4) is 11.1 Å². The molecule has 0 atom stereocenters. The lowest BCUT2D eigenvalue weighted by atomic mass is 9.85. The Hall–Kier alpha value is -2.54. The molecule has 0 saturated heterocycles. The van der Waals surface area contributed by atoms with E-state index in [4.69, 9.17) is 5.73 Å². The number of nitrogen functional groups attached to an aromatic ring is 1. The predicted molar refractivity (Wildman–Crippen MR) is 114 cm³/mol. The van der Waals surface area contributed by atoms with Crippen molar-refractivity contribution in [2.75, 3.05) is 5.73 Å². The molecular weight excluding hydrogens is 314 g/mol. The molecule has 1 heteroatoms. The summed E-state index contributed by atoms with van der Waals surface area (Å²) >= 11 is 0. The Morgan fingerprint density at radius 2 is 1.31 bits per heavy atom. The molecule has 0 aliphatic rings. The summed E-state index contributed by atoms with van der Waals surface area (Å²) in [6.45, 7) is 9.07. The fourth-order valence-electron chi connectivity index (χ4n) is 3.67. The van der Waals surface area contributed by atoms with Gasteiger partial charge in [-0.2, -0.15) is 0 Å². The van der Waals surface area contributed by atoms with Crippen molar-refractivity contribution < 1.29 is 0 Å². The normalized spacial score (nSPS) is 11.3. The summed E-state index contributed by atoms with van der Waals surface area (Å²) in [7, 11) is 0. The lowest BCUT2D eigenvalue weighted by molar-refractivity contribution is 0.806. The molecule has 2 N–H and O–H groups in total. The maximum Gasteiger partial charge on any atom is 0.0356 e. The Bertz CT molecular complexity index is 850. The van der Waals surface area contributed by atoms with E-state index in [-0.39, 0.29) is 0 Å². The van der Waals surface area contributed by atoms with E-state index in [1.165, 1.54) is 33.4 Å². The summed E-state index contributed by atoms with van der Waals surface area (Å²) in [6.07, 6.45) is 0.892. The Kier molecular flexibility index (Phi) is 5.46. The first-order valence-corrected chi connectivity index (χ1v) is 9.53. The van der Waals surface area contributed by atoms with Crippen LogP contribution in [-0.4, -0.2) is 0 Å². The molecule has 0 saturated carbocycles. The van der Waals surface area contributed by atoms with Crippen molar-refractivity contribution >= 4 is 5.69 Å². The van der Waals surface area contributed by atoms with E-state index in [0.717, 1.165) is 12.1 Å². The molecular formula is C25H29N. The predicted octanol–water partition coefficient (Wildman–Crippen LogP) is 6.77. The molecule has 0 heterocycles. The Labute approximate surface area is 157 Å². The molecule has 0 radical (unpaired) electrons. The zero-order valence-corrected chi connectivity index (χ0v) is 16.3. The van der Waals surface area contributed by atoms with Crippen LogP contribution in [0.15, 0.2) is 66.7 Å². The van der Waals surface area contributed by atoms with Gasteiger partial charge < -0.3 is 5.73 Å². The molecule has 0 aliphatic carbocycles. The summed E-state index contributed by atoms with van der Waals surface area (Å²) in [5, 5.41) is 0. The van der Waals surface area contributed by atoms with Crippen molar-refractivity contribution in [2.45, 2.75) is 46.0 Å². The Morgan fingerprint density at radius 1 is 0.692 bits per heavy atom. The lowest BCUT2D eigenvalue weighted by Gasteiger charge is -2.20. The molecule has 1 nitrogen and oxygen atoms in total. The molecule has 3 aromatic rings. The van der Waals surface area contributed by atoms with Gasteiger partial charge in [-0.25, -0.2) is 0 Å². The quantitative estimate of drug-likeness (QED) is 0.508. The largest absolute Gasteiger partial charge is 0.398 e. The van der Waals surface area contributed by atoms with Gasteiger partial charge in [-0.1, -0.05) is 88.4 Å². The van der Waals surface area contributed by atoms with Crippen molar-refractivity contribution in [1.82, 2.24) is 0 Å². The van der Waals surface area contributed by atoms with E-state index in [1.807, 2.05) is 6.07 Å². The standard InChI is InChI=1S/C25H29N/c1-17(2)22-11-8-12-23(18(3)4)24(22)15-21-14-13-20(16-25(21)26)19-9-6-5-7-10-19/h5-14,16-18H,15,26H2,1-4H3. The van der Waals surface area contributed by atoms with E-state index in [2.05, 4.69) is 88.4 Å². The van der Waals surface area contributed by atoms with E-state index in [9.17, 15) is 0 Å². The van der Waals surface area contributed by atoms with Crippen LogP contribution in [0.25, 0.3) is 11.1 Å². The van der Waals surface area contributed by atoms with Crippen molar-refractivity contribution in [2.24, 2.45) is 0 Å². The van der Waals surface area contributed by atoms with Gasteiger partial charge >= 0.3 is 0 Å². The van der Waals surface area contributed by atoms with E-state index >= 15 is 0 Å². The van der Waals surface area contributed by atoms with Gasteiger partial charge in [0.1, 0.15) is 0 Å². The summed E-state index contributed by atoms with van der Waals surface area (Å²) in [5.41, 5.74) is 15.2. The van der Waals surface area contributed by atoms with Crippen molar-refractivity contribution in [3.05, 3.63) is 89.0 Å². The van der Waals surface area contributed by atoms with Gasteiger partial charge in [-0.05, 0) is 51.3 Å². The summed E-state index contributed by atoms with van der Waals surface area (Å²) in [4.78, 5) is 0. The van der Waals surface area contributed by atoms with Gasteiger partial charge in [0.05, 0.1) is 0 Å². The van der Waals surface area contributed by atoms with Crippen LogP contribution in [0.2, 0.25) is 0 Å². The highest BCUT2D eigenvalue weighted by Gasteiger charge is 2.15. The van der Waals surface area contributed by atoms with Crippen LogP contribution in [0.5, 0.6) is 0 Å². The molecule has 0 unspecified atom stereocenters. The highest BCUT2D eigenvalue weighted by atomic mass is 14.6. The third kappa shape index (κ3) is 3.83. The second kappa shape index (κ2) is 7.78. The molecule has 134 valence electrons. The third-order valence-corrected chi connectivity index (χ3v) is 5.11. The molecule has 0 spiro atoms. The maximum absolute atomic E-state index is 6.46. The highest BCUT2D eigenvalue weighted by molar-refractivity contribution is 5.69. The first kappa shape index (κ1) is 18.3. The average molecular weight is 344 g/mol. The van der Waals surface area contributed by atoms with Crippen LogP contribution in [0.3, 0.4) is 0 Å². The molecule has 26 heavy (non-hydrogen) atoms. The van der Waals surface area contributed by atoms with Crippen molar-refractivity contribution in [1.29, 1.82) is 0 Å². The number of hydrogen-bond donors (Lipinski definition) is 1. The Morgan fingerprint density at radius 3 is 1.85 bits per heavy atom. The van der Waals surface area contributed by atoms with Gasteiger partial charge in [0, 0.05) is 12.1 Å². The third-order valence-electron chi connectivity index (χ3n) is 5.11. The lowest BCUT2D eigenvalue weighted by Crippen LogP contribution is -2.06. The minimum absolute atomic E-state index is 0.508. The van der Waals surface area contributed by atoms with E-state index < -0.39 is 0 Å². The minimum Gasteiger partial charge on any atom is -0.398 e. The molecule has 0 bridgehead atoms. The maximum atomic E-state index is 6.46. The van der Waals surface area contributed by atoms with Crippen LogP contribution in [-0.2, 0) is 6.42 Å². The summed E-state index contributed by atoms with van der Waals surface area (Å²) in [6, 6.07) is 23.6. The zero-order chi connectivity index (χ0) is 18.7. The minimum atomic E-state index is 0.508. The monoisotopic (exact) mass is 343 g/mol. The van der Waals surface area contributed by atoms with Crippen LogP contribution >= 0.6 is 0 Å². The van der Waals surface area contributed by atoms with Crippen LogP contribution in [0.4, 0.5) is 5.69 Å². The molecule has 0 aliphatic heterocycles. The number of rotatable bonds is 5. The van der Waals surface area contributed by atoms with E-state index in [0.29, 0.717) is 11.8 Å². The second-order valence-corrected chi connectivity index (χ2v) is 7.68. The summed E-state index contributed by atoms with van der Waals surface area (Å²) in [5.74, 6) is 1.02. The highest BCUT2D eigenvalue weighted by Crippen LogP contribution is 2.32. The number of anilines is 1. The molecule has 3 rings (SSSR count). The topological polar surface area (TPSA) is 26.0 Å². The van der Waals surface area contributed by atoms with Crippen LogP contribution in [0.1, 0.15) is 61.8 Å². The first-order chi connectivity index (χ1) is 12.5. The number of benzene rings is 3. The zero-order valence-electron chi connectivity index (χ0n) is 16.3. The van der Waals surface area contributed by atoms with Gasteiger partial charge in [-0.3, -0.25) is 0 Å². The van der Waals surface area contributed by atoms with Crippen LogP contribution < -0.4 is 5.73 Å². The Balaban J connectivity index is 2.00.